The first-order valence-corrected chi connectivity index (χ1v) is 11.7. The molecule has 1 saturated heterocycles. The Balaban J connectivity index is 1.42. The molecule has 1 atom stereocenters. The molecule has 34 heavy (non-hydrogen) atoms. The van der Waals surface area contributed by atoms with Gasteiger partial charge in [0.1, 0.15) is 5.69 Å². The van der Waals surface area contributed by atoms with Crippen LogP contribution in [0.5, 0.6) is 0 Å². The standard InChI is InChI=1S/C26H28N8/c1-16-21(22-12-28-32(3)17(22)2)7-5-19-6-8-23(29-25(16)19)26-31-30-24-9-4-18(14-34(24)26)13-33-11-10-20(27)15-33/h4-9,12,14,20H,10-11,13,15,27H2,1-3H3. The molecule has 1 aromatic carbocycles. The molecule has 0 radical (unpaired) electrons. The van der Waals surface area contributed by atoms with E-state index in [2.05, 4.69) is 64.5 Å². The topological polar surface area (TPSA) is 90.2 Å². The molecule has 0 aliphatic carbocycles. The fourth-order valence-electron chi connectivity index (χ4n) is 4.98. The van der Waals surface area contributed by atoms with Crippen LogP contribution in [0.1, 0.15) is 23.2 Å². The van der Waals surface area contributed by atoms with Crippen LogP contribution in [-0.4, -0.2) is 53.4 Å². The highest BCUT2D eigenvalue weighted by Gasteiger charge is 2.20. The van der Waals surface area contributed by atoms with E-state index in [0.29, 0.717) is 0 Å². The molecule has 1 aliphatic heterocycles. The van der Waals surface area contributed by atoms with Crippen molar-refractivity contribution in [2.75, 3.05) is 13.1 Å². The summed E-state index contributed by atoms with van der Waals surface area (Å²) in [6.07, 6.45) is 5.11. The lowest BCUT2D eigenvalue weighted by Crippen LogP contribution is -2.26. The van der Waals surface area contributed by atoms with Crippen molar-refractivity contribution in [2.24, 2.45) is 12.8 Å². The molecule has 5 aromatic rings. The van der Waals surface area contributed by atoms with Crippen LogP contribution in [0.25, 0.3) is 39.2 Å². The quantitative estimate of drug-likeness (QED) is 0.449. The van der Waals surface area contributed by atoms with Gasteiger partial charge in [0.05, 0.1) is 11.7 Å². The molecule has 5 heterocycles. The van der Waals surface area contributed by atoms with Crippen LogP contribution < -0.4 is 5.73 Å². The summed E-state index contributed by atoms with van der Waals surface area (Å²) in [7, 11) is 1.97. The molecule has 0 amide bonds. The Morgan fingerprint density at radius 3 is 2.65 bits per heavy atom. The van der Waals surface area contributed by atoms with Gasteiger partial charge in [-0.05, 0) is 49.1 Å². The lowest BCUT2D eigenvalue weighted by molar-refractivity contribution is 0.326. The zero-order valence-corrected chi connectivity index (χ0v) is 19.7. The first-order valence-electron chi connectivity index (χ1n) is 11.7. The number of aryl methyl sites for hydroxylation is 2. The zero-order valence-electron chi connectivity index (χ0n) is 19.7. The summed E-state index contributed by atoms with van der Waals surface area (Å²) < 4.78 is 3.95. The summed E-state index contributed by atoms with van der Waals surface area (Å²) in [5.74, 6) is 0.749. The third-order valence-electron chi connectivity index (χ3n) is 7.05. The SMILES string of the molecule is Cc1c(-c2cnn(C)c2C)ccc2ccc(-c3nnc4ccc(CN5CCC(N)C5)cn34)nc12. The molecule has 2 N–H and O–H groups in total. The van der Waals surface area contributed by atoms with E-state index in [9.17, 15) is 0 Å². The molecule has 4 aromatic heterocycles. The number of likely N-dealkylation sites (tertiary alicyclic amines) is 1. The molecular formula is C26H28N8. The predicted octanol–water partition coefficient (Wildman–Crippen LogP) is 3.49. The van der Waals surface area contributed by atoms with Crippen LogP contribution in [0.4, 0.5) is 0 Å². The van der Waals surface area contributed by atoms with Gasteiger partial charge in [0.15, 0.2) is 11.5 Å². The van der Waals surface area contributed by atoms with E-state index in [1.54, 1.807) is 0 Å². The minimum Gasteiger partial charge on any atom is -0.326 e. The molecule has 6 rings (SSSR count). The van der Waals surface area contributed by atoms with Crippen LogP contribution in [0.15, 0.2) is 48.8 Å². The first-order chi connectivity index (χ1) is 16.5. The monoisotopic (exact) mass is 452 g/mol. The van der Waals surface area contributed by atoms with E-state index in [-0.39, 0.29) is 6.04 Å². The third kappa shape index (κ3) is 3.46. The number of aromatic nitrogens is 6. The lowest BCUT2D eigenvalue weighted by Gasteiger charge is -2.15. The minimum absolute atomic E-state index is 0.277. The second kappa shape index (κ2) is 8.00. The average molecular weight is 453 g/mol. The van der Waals surface area contributed by atoms with E-state index >= 15 is 0 Å². The van der Waals surface area contributed by atoms with E-state index in [4.69, 9.17) is 10.7 Å². The number of pyridine rings is 2. The van der Waals surface area contributed by atoms with Crippen molar-refractivity contribution in [1.82, 2.24) is 34.3 Å². The van der Waals surface area contributed by atoms with Crippen molar-refractivity contribution in [2.45, 2.75) is 32.9 Å². The van der Waals surface area contributed by atoms with Crippen molar-refractivity contribution >= 4 is 16.6 Å². The normalized spacial score (nSPS) is 16.8. The number of fused-ring (bicyclic) bond motifs is 2. The van der Waals surface area contributed by atoms with Crippen LogP contribution in [0.3, 0.4) is 0 Å². The number of rotatable bonds is 4. The van der Waals surface area contributed by atoms with Gasteiger partial charge in [-0.3, -0.25) is 14.0 Å². The van der Waals surface area contributed by atoms with E-state index in [0.717, 1.165) is 76.5 Å². The van der Waals surface area contributed by atoms with Crippen LogP contribution in [0.2, 0.25) is 0 Å². The Kier molecular flexibility index (Phi) is 4.93. The molecule has 0 bridgehead atoms. The van der Waals surface area contributed by atoms with Crippen molar-refractivity contribution in [1.29, 1.82) is 0 Å². The van der Waals surface area contributed by atoms with Crippen LogP contribution >= 0.6 is 0 Å². The molecule has 0 saturated carbocycles. The molecule has 8 heteroatoms. The van der Waals surface area contributed by atoms with Gasteiger partial charge in [-0.25, -0.2) is 4.98 Å². The Hall–Kier alpha value is -3.62. The second-order valence-corrected chi connectivity index (χ2v) is 9.35. The Morgan fingerprint density at radius 1 is 1.03 bits per heavy atom. The van der Waals surface area contributed by atoms with E-state index in [1.165, 1.54) is 5.56 Å². The molecule has 1 fully saturated rings. The number of benzene rings is 1. The smallest absolute Gasteiger partial charge is 0.187 e. The maximum atomic E-state index is 6.09. The molecule has 1 unspecified atom stereocenters. The van der Waals surface area contributed by atoms with E-state index < -0.39 is 0 Å². The van der Waals surface area contributed by atoms with Crippen molar-refractivity contribution in [3.05, 3.63) is 65.6 Å². The number of nitrogens with two attached hydrogens (primary N) is 1. The summed E-state index contributed by atoms with van der Waals surface area (Å²) in [6.45, 7) is 7.07. The summed E-state index contributed by atoms with van der Waals surface area (Å²) >= 11 is 0. The highest BCUT2D eigenvalue weighted by molar-refractivity contribution is 5.90. The largest absolute Gasteiger partial charge is 0.326 e. The van der Waals surface area contributed by atoms with Gasteiger partial charge in [-0.15, -0.1) is 10.2 Å². The maximum absolute atomic E-state index is 6.09. The van der Waals surface area contributed by atoms with Gasteiger partial charge in [0.2, 0.25) is 0 Å². The Labute approximate surface area is 198 Å². The average Bonchev–Trinajstić information content (AvgIpc) is 3.53. The highest BCUT2D eigenvalue weighted by Crippen LogP contribution is 2.32. The van der Waals surface area contributed by atoms with Gasteiger partial charge in [-0.1, -0.05) is 24.3 Å². The van der Waals surface area contributed by atoms with Crippen LogP contribution in [0, 0.1) is 13.8 Å². The summed E-state index contributed by atoms with van der Waals surface area (Å²) in [5, 5.41) is 14.4. The molecule has 8 nitrogen and oxygen atoms in total. The summed E-state index contributed by atoms with van der Waals surface area (Å²) in [4.78, 5) is 7.45. The van der Waals surface area contributed by atoms with Gasteiger partial charge in [-0.2, -0.15) is 5.10 Å². The Bertz CT molecular complexity index is 1530. The van der Waals surface area contributed by atoms with Gasteiger partial charge in [0, 0.05) is 55.6 Å². The fraction of sp³-hybridized carbons (Fsp3) is 0.308. The van der Waals surface area contributed by atoms with Crippen LogP contribution in [-0.2, 0) is 13.6 Å². The van der Waals surface area contributed by atoms with Crippen molar-refractivity contribution < 1.29 is 0 Å². The van der Waals surface area contributed by atoms with Gasteiger partial charge < -0.3 is 5.73 Å². The molecular weight excluding hydrogens is 424 g/mol. The summed E-state index contributed by atoms with van der Waals surface area (Å²) in [5.41, 5.74) is 14.5. The minimum atomic E-state index is 0.277. The van der Waals surface area contributed by atoms with Gasteiger partial charge >= 0.3 is 0 Å². The third-order valence-corrected chi connectivity index (χ3v) is 7.05. The molecule has 1 aliphatic rings. The predicted molar refractivity (Wildman–Crippen MR) is 133 cm³/mol. The highest BCUT2D eigenvalue weighted by atomic mass is 15.3. The lowest BCUT2D eigenvalue weighted by atomic mass is 9.98. The molecule has 172 valence electrons. The van der Waals surface area contributed by atoms with E-state index in [1.807, 2.05) is 34.5 Å². The maximum Gasteiger partial charge on any atom is 0.187 e. The fourth-order valence-corrected chi connectivity index (χ4v) is 4.98. The van der Waals surface area contributed by atoms with Crippen molar-refractivity contribution in [3.63, 3.8) is 0 Å². The number of hydrogen-bond acceptors (Lipinski definition) is 6. The zero-order chi connectivity index (χ0) is 23.4. The number of hydrogen-bond donors (Lipinski definition) is 1. The number of nitrogens with zero attached hydrogens (tertiary/aromatic N) is 7. The van der Waals surface area contributed by atoms with Gasteiger partial charge in [0.25, 0.3) is 0 Å². The Morgan fingerprint density at radius 2 is 1.88 bits per heavy atom. The first kappa shape index (κ1) is 20.9. The second-order valence-electron chi connectivity index (χ2n) is 9.35. The molecule has 0 spiro atoms. The summed E-state index contributed by atoms with van der Waals surface area (Å²) in [6, 6.07) is 12.9. The van der Waals surface area contributed by atoms with Crippen molar-refractivity contribution in [3.8, 4) is 22.6 Å².